The fourth-order valence-electron chi connectivity index (χ4n) is 5.62. The Morgan fingerprint density at radius 1 is 0.854 bits per heavy atom. The fourth-order valence-corrected chi connectivity index (χ4v) is 5.62. The molecule has 0 bridgehead atoms. The molecule has 2 heterocycles. The number of ether oxygens (including phenoxy) is 3. The number of anilines is 2. The van der Waals surface area contributed by atoms with E-state index in [2.05, 4.69) is 10.2 Å². The number of amides is 3. The number of rotatable bonds is 8. The molecule has 1 spiro atoms. The minimum Gasteiger partial charge on any atom is -0.497 e. The number of hydrogen-bond donors (Lipinski definition) is 1. The smallest absolute Gasteiger partial charge is 0.257 e. The minimum absolute atomic E-state index is 0.0905. The van der Waals surface area contributed by atoms with E-state index in [4.69, 9.17) is 14.2 Å². The summed E-state index contributed by atoms with van der Waals surface area (Å²) in [6.45, 7) is 0.946. The molecule has 0 aromatic heterocycles. The predicted molar refractivity (Wildman–Crippen MR) is 155 cm³/mol. The van der Waals surface area contributed by atoms with Crippen LogP contribution in [-0.2, 0) is 9.59 Å². The van der Waals surface area contributed by atoms with E-state index in [-0.39, 0.29) is 30.9 Å². The largest absolute Gasteiger partial charge is 0.497 e. The summed E-state index contributed by atoms with van der Waals surface area (Å²) in [5.41, 5.74) is 1.07. The Morgan fingerprint density at radius 2 is 1.56 bits per heavy atom. The van der Waals surface area contributed by atoms with Crippen molar-refractivity contribution in [2.45, 2.75) is 18.4 Å². The number of piperidine rings is 1. The number of nitrogens with zero attached hydrogens (tertiary/aromatic N) is 3. The van der Waals surface area contributed by atoms with Crippen LogP contribution in [-0.4, -0.2) is 80.7 Å². The van der Waals surface area contributed by atoms with Gasteiger partial charge in [0.2, 0.25) is 5.91 Å². The van der Waals surface area contributed by atoms with Crippen LogP contribution in [0.1, 0.15) is 23.2 Å². The van der Waals surface area contributed by atoms with Crippen LogP contribution in [0.4, 0.5) is 11.4 Å². The van der Waals surface area contributed by atoms with Crippen molar-refractivity contribution in [1.82, 2.24) is 9.80 Å². The van der Waals surface area contributed by atoms with Crippen LogP contribution in [0, 0.1) is 0 Å². The maximum absolute atomic E-state index is 14.0. The number of para-hydroxylation sites is 1. The third-order valence-corrected chi connectivity index (χ3v) is 7.79. The Labute approximate surface area is 239 Å². The molecule has 10 heteroatoms. The molecule has 5 rings (SSSR count). The van der Waals surface area contributed by atoms with Crippen LogP contribution < -0.4 is 24.4 Å². The van der Waals surface area contributed by atoms with Gasteiger partial charge in [-0.15, -0.1) is 0 Å². The van der Waals surface area contributed by atoms with Gasteiger partial charge in [0, 0.05) is 36.6 Å². The van der Waals surface area contributed by atoms with Gasteiger partial charge in [0.05, 0.1) is 33.6 Å². The molecule has 3 aromatic carbocycles. The number of benzene rings is 3. The normalized spacial score (nSPS) is 16.1. The van der Waals surface area contributed by atoms with E-state index in [9.17, 15) is 14.4 Å². The standard InChI is InChI=1S/C31H34N4O6/c1-39-24-11-7-8-22(18-24)32-28(36)20-34-21-35(23-9-5-4-6-10-23)31(30(34)38)14-16-33(17-15-31)29(37)26-13-12-25(40-2)19-27(26)41-3/h4-13,18-19H,14-17,20-21H2,1-3H3,(H,32,36). The number of carbonyl (C=O) groups excluding carboxylic acids is 3. The van der Waals surface area contributed by atoms with Crippen molar-refractivity contribution in [3.05, 3.63) is 78.4 Å². The first-order valence-electron chi connectivity index (χ1n) is 13.5. The number of likely N-dealkylation sites (tertiary alicyclic amines) is 1. The second kappa shape index (κ2) is 11.8. The molecular formula is C31H34N4O6. The number of methoxy groups -OCH3 is 3. The third kappa shape index (κ3) is 5.50. The molecule has 0 radical (unpaired) electrons. The van der Waals surface area contributed by atoms with Crippen LogP contribution in [0.15, 0.2) is 72.8 Å². The van der Waals surface area contributed by atoms with Gasteiger partial charge in [-0.25, -0.2) is 0 Å². The Morgan fingerprint density at radius 3 is 2.24 bits per heavy atom. The number of hydrogen-bond acceptors (Lipinski definition) is 7. The van der Waals surface area contributed by atoms with Crippen molar-refractivity contribution < 1.29 is 28.6 Å². The van der Waals surface area contributed by atoms with Gasteiger partial charge in [0.15, 0.2) is 0 Å². The van der Waals surface area contributed by atoms with Crippen LogP contribution >= 0.6 is 0 Å². The Hall–Kier alpha value is -4.73. The second-order valence-corrected chi connectivity index (χ2v) is 10.1. The van der Waals surface area contributed by atoms with Gasteiger partial charge in [-0.2, -0.15) is 0 Å². The Kier molecular flexibility index (Phi) is 8.00. The van der Waals surface area contributed by atoms with Crippen LogP contribution in [0.3, 0.4) is 0 Å². The third-order valence-electron chi connectivity index (χ3n) is 7.79. The Bertz CT molecular complexity index is 1420. The van der Waals surface area contributed by atoms with Crippen molar-refractivity contribution in [3.63, 3.8) is 0 Å². The summed E-state index contributed by atoms with van der Waals surface area (Å²) in [6.07, 6.45) is 0.859. The van der Waals surface area contributed by atoms with Gasteiger partial charge in [0.25, 0.3) is 11.8 Å². The van der Waals surface area contributed by atoms with E-state index in [0.717, 1.165) is 5.69 Å². The second-order valence-electron chi connectivity index (χ2n) is 10.1. The molecule has 2 aliphatic heterocycles. The monoisotopic (exact) mass is 558 g/mol. The summed E-state index contributed by atoms with van der Waals surface area (Å²) in [7, 11) is 4.64. The molecular weight excluding hydrogens is 524 g/mol. The van der Waals surface area contributed by atoms with Crippen molar-refractivity contribution in [1.29, 1.82) is 0 Å². The first kappa shape index (κ1) is 27.8. The topological polar surface area (TPSA) is 101 Å². The van der Waals surface area contributed by atoms with Gasteiger partial charge < -0.3 is 34.2 Å². The summed E-state index contributed by atoms with van der Waals surface area (Å²) in [5, 5.41) is 2.86. The van der Waals surface area contributed by atoms with Crippen molar-refractivity contribution in [2.75, 3.05) is 57.8 Å². The summed E-state index contributed by atoms with van der Waals surface area (Å²) >= 11 is 0. The maximum Gasteiger partial charge on any atom is 0.257 e. The predicted octanol–water partition coefficient (Wildman–Crippen LogP) is 3.63. The van der Waals surface area contributed by atoms with Crippen LogP contribution in [0.2, 0.25) is 0 Å². The van der Waals surface area contributed by atoms with E-state index < -0.39 is 5.54 Å². The molecule has 0 saturated carbocycles. The van der Waals surface area contributed by atoms with E-state index >= 15 is 0 Å². The van der Waals surface area contributed by atoms with Crippen LogP contribution in [0.5, 0.6) is 17.2 Å². The molecule has 214 valence electrons. The first-order valence-corrected chi connectivity index (χ1v) is 13.5. The highest BCUT2D eigenvalue weighted by Gasteiger charge is 2.54. The lowest BCUT2D eigenvalue weighted by Gasteiger charge is -2.43. The van der Waals surface area contributed by atoms with Crippen molar-refractivity contribution >= 4 is 29.1 Å². The van der Waals surface area contributed by atoms with Gasteiger partial charge in [-0.1, -0.05) is 24.3 Å². The van der Waals surface area contributed by atoms with Crippen molar-refractivity contribution in [2.24, 2.45) is 0 Å². The lowest BCUT2D eigenvalue weighted by atomic mass is 9.85. The van der Waals surface area contributed by atoms with Crippen molar-refractivity contribution in [3.8, 4) is 17.2 Å². The molecule has 0 unspecified atom stereocenters. The molecule has 41 heavy (non-hydrogen) atoms. The zero-order chi connectivity index (χ0) is 29.0. The summed E-state index contributed by atoms with van der Waals surface area (Å²) in [5.74, 6) is 1.09. The van der Waals surface area contributed by atoms with Crippen LogP contribution in [0.25, 0.3) is 0 Å². The average Bonchev–Trinajstić information content (AvgIpc) is 3.27. The zero-order valence-electron chi connectivity index (χ0n) is 23.5. The molecule has 2 saturated heterocycles. The summed E-state index contributed by atoms with van der Waals surface area (Å²) < 4.78 is 15.9. The molecule has 1 N–H and O–H groups in total. The van der Waals surface area contributed by atoms with Gasteiger partial charge in [-0.3, -0.25) is 14.4 Å². The van der Waals surface area contributed by atoms with E-state index in [1.807, 2.05) is 30.3 Å². The van der Waals surface area contributed by atoms with E-state index in [1.54, 1.807) is 66.5 Å². The highest BCUT2D eigenvalue weighted by molar-refractivity contribution is 6.00. The SMILES string of the molecule is COc1cccc(NC(=O)CN2CN(c3ccccc3)C3(CCN(C(=O)c4ccc(OC)cc4OC)CC3)C2=O)c1. The van der Waals surface area contributed by atoms with E-state index in [1.165, 1.54) is 7.11 Å². The molecule has 2 aliphatic rings. The lowest BCUT2D eigenvalue weighted by molar-refractivity contribution is -0.136. The quantitative estimate of drug-likeness (QED) is 0.451. The number of nitrogens with one attached hydrogen (secondary N) is 1. The summed E-state index contributed by atoms with van der Waals surface area (Å²) in [6, 6.07) is 21.9. The highest BCUT2D eigenvalue weighted by atomic mass is 16.5. The van der Waals surface area contributed by atoms with E-state index in [0.29, 0.717) is 54.4 Å². The first-order chi connectivity index (χ1) is 19.9. The molecule has 10 nitrogen and oxygen atoms in total. The maximum atomic E-state index is 14.0. The van der Waals surface area contributed by atoms with Gasteiger partial charge >= 0.3 is 0 Å². The molecule has 3 amide bonds. The average molecular weight is 559 g/mol. The minimum atomic E-state index is -0.863. The van der Waals surface area contributed by atoms with Gasteiger partial charge in [-0.05, 0) is 49.2 Å². The summed E-state index contributed by atoms with van der Waals surface area (Å²) in [4.78, 5) is 45.9. The highest BCUT2D eigenvalue weighted by Crippen LogP contribution is 2.40. The molecule has 2 fully saturated rings. The zero-order valence-corrected chi connectivity index (χ0v) is 23.5. The molecule has 0 atom stereocenters. The molecule has 0 aliphatic carbocycles. The van der Waals surface area contributed by atoms with Gasteiger partial charge in [0.1, 0.15) is 29.3 Å². The Balaban J connectivity index is 1.34. The lowest BCUT2D eigenvalue weighted by Crippen LogP contribution is -2.57. The fraction of sp³-hybridized carbons (Fsp3) is 0.323. The number of carbonyl (C=O) groups is 3. The molecule has 3 aromatic rings.